The van der Waals surface area contributed by atoms with Crippen LogP contribution in [-0.2, 0) is 16.0 Å². The Labute approximate surface area is 100 Å². The van der Waals surface area contributed by atoms with E-state index in [4.69, 9.17) is 9.47 Å². The first kappa shape index (κ1) is 11.9. The van der Waals surface area contributed by atoms with Crippen molar-refractivity contribution in [1.29, 1.82) is 0 Å². The van der Waals surface area contributed by atoms with Crippen LogP contribution in [0, 0.1) is 0 Å². The fraction of sp³-hybridized carbons (Fsp3) is 0.462. The highest BCUT2D eigenvalue weighted by Gasteiger charge is 2.22. The third-order valence-corrected chi connectivity index (χ3v) is 3.02. The molecular formula is C13H16O4. The molecule has 4 nitrogen and oxygen atoms in total. The van der Waals surface area contributed by atoms with Crippen LogP contribution < -0.4 is 4.74 Å². The number of hydrogen-bond donors (Lipinski definition) is 1. The van der Waals surface area contributed by atoms with E-state index in [9.17, 15) is 9.90 Å². The molecule has 0 saturated carbocycles. The van der Waals surface area contributed by atoms with Crippen molar-refractivity contribution in [2.24, 2.45) is 0 Å². The molecule has 1 heterocycles. The fourth-order valence-electron chi connectivity index (χ4n) is 2.09. The van der Waals surface area contributed by atoms with Gasteiger partial charge in [-0.15, -0.1) is 0 Å². The Kier molecular flexibility index (Phi) is 3.64. The molecule has 0 radical (unpaired) electrons. The summed E-state index contributed by atoms with van der Waals surface area (Å²) in [5.41, 5.74) is 1.94. The number of carboxylic acids is 1. The van der Waals surface area contributed by atoms with Gasteiger partial charge in [0.25, 0.3) is 0 Å². The number of fused-ring (bicyclic) bond motifs is 1. The van der Waals surface area contributed by atoms with Crippen LogP contribution in [0.4, 0.5) is 0 Å². The number of hydrogen-bond acceptors (Lipinski definition) is 3. The number of aliphatic carboxylic acids is 1. The summed E-state index contributed by atoms with van der Waals surface area (Å²) < 4.78 is 10.4. The van der Waals surface area contributed by atoms with Crippen LogP contribution in [0.1, 0.15) is 23.5 Å². The van der Waals surface area contributed by atoms with Crippen LogP contribution in [0.3, 0.4) is 0 Å². The van der Waals surface area contributed by atoms with Crippen molar-refractivity contribution in [3.05, 3.63) is 29.3 Å². The summed E-state index contributed by atoms with van der Waals surface area (Å²) in [6.45, 7) is 1.14. The lowest BCUT2D eigenvalue weighted by Crippen LogP contribution is -2.14. The molecule has 0 aromatic heterocycles. The Morgan fingerprint density at radius 3 is 3.12 bits per heavy atom. The number of methoxy groups -OCH3 is 1. The predicted octanol–water partition coefficient (Wildman–Crippen LogP) is 1.83. The van der Waals surface area contributed by atoms with E-state index in [0.717, 1.165) is 23.3 Å². The lowest BCUT2D eigenvalue weighted by molar-refractivity contribution is -0.139. The van der Waals surface area contributed by atoms with Crippen LogP contribution in [0.2, 0.25) is 0 Å². The SMILES string of the molecule is COCCC(C(=O)O)c1ccc2c(c1)CCO2. The van der Waals surface area contributed by atoms with Crippen molar-refractivity contribution < 1.29 is 19.4 Å². The summed E-state index contributed by atoms with van der Waals surface area (Å²) in [7, 11) is 1.58. The first-order valence-corrected chi connectivity index (χ1v) is 5.69. The van der Waals surface area contributed by atoms with Gasteiger partial charge in [0.2, 0.25) is 0 Å². The lowest BCUT2D eigenvalue weighted by Gasteiger charge is -2.13. The molecule has 0 amide bonds. The normalized spacial score (nSPS) is 15.1. The second-order valence-corrected chi connectivity index (χ2v) is 4.14. The molecule has 1 N–H and O–H groups in total. The van der Waals surface area contributed by atoms with Crippen molar-refractivity contribution in [3.63, 3.8) is 0 Å². The molecule has 1 atom stereocenters. The van der Waals surface area contributed by atoms with E-state index in [1.54, 1.807) is 7.11 Å². The Hall–Kier alpha value is -1.55. The minimum atomic E-state index is -0.805. The quantitative estimate of drug-likeness (QED) is 0.847. The molecule has 0 bridgehead atoms. The maximum atomic E-state index is 11.2. The molecule has 0 fully saturated rings. The van der Waals surface area contributed by atoms with Gasteiger partial charge in [-0.25, -0.2) is 0 Å². The van der Waals surface area contributed by atoms with Crippen LogP contribution in [0.15, 0.2) is 18.2 Å². The van der Waals surface area contributed by atoms with Gasteiger partial charge in [0.05, 0.1) is 12.5 Å². The van der Waals surface area contributed by atoms with Crippen LogP contribution in [0.25, 0.3) is 0 Å². The smallest absolute Gasteiger partial charge is 0.311 e. The van der Waals surface area contributed by atoms with Gasteiger partial charge < -0.3 is 14.6 Å². The average molecular weight is 236 g/mol. The zero-order valence-electron chi connectivity index (χ0n) is 9.81. The summed E-state index contributed by atoms with van der Waals surface area (Å²) >= 11 is 0. The molecule has 0 spiro atoms. The topological polar surface area (TPSA) is 55.8 Å². The molecule has 4 heteroatoms. The van der Waals surface area contributed by atoms with Crippen LogP contribution >= 0.6 is 0 Å². The second-order valence-electron chi connectivity index (χ2n) is 4.14. The van der Waals surface area contributed by atoms with Gasteiger partial charge in [0, 0.05) is 20.1 Å². The van der Waals surface area contributed by atoms with Crippen LogP contribution in [-0.4, -0.2) is 31.4 Å². The minimum absolute atomic E-state index is 0.449. The third-order valence-electron chi connectivity index (χ3n) is 3.02. The van der Waals surface area contributed by atoms with E-state index in [2.05, 4.69) is 0 Å². The highest BCUT2D eigenvalue weighted by atomic mass is 16.5. The van der Waals surface area contributed by atoms with Gasteiger partial charge in [-0.1, -0.05) is 12.1 Å². The summed E-state index contributed by atoms with van der Waals surface area (Å²) in [5, 5.41) is 9.22. The minimum Gasteiger partial charge on any atom is -0.493 e. The second kappa shape index (κ2) is 5.19. The highest BCUT2D eigenvalue weighted by Crippen LogP contribution is 2.30. The van der Waals surface area contributed by atoms with Crippen molar-refractivity contribution in [1.82, 2.24) is 0 Å². The standard InChI is InChI=1S/C13H16O4/c1-16-6-5-11(13(14)15)9-2-3-12-10(8-9)4-7-17-12/h2-3,8,11H,4-7H2,1H3,(H,14,15). The third kappa shape index (κ3) is 2.58. The van der Waals surface area contributed by atoms with Crippen LogP contribution in [0.5, 0.6) is 5.75 Å². The Balaban J connectivity index is 2.20. The zero-order valence-corrected chi connectivity index (χ0v) is 9.81. The summed E-state index contributed by atoms with van der Waals surface area (Å²) in [4.78, 5) is 11.2. The first-order valence-electron chi connectivity index (χ1n) is 5.69. The Morgan fingerprint density at radius 1 is 1.59 bits per heavy atom. The number of carbonyl (C=O) groups is 1. The van der Waals surface area contributed by atoms with E-state index < -0.39 is 11.9 Å². The molecule has 1 aliphatic heterocycles. The molecule has 2 rings (SSSR count). The van der Waals surface area contributed by atoms with Crippen molar-refractivity contribution in [3.8, 4) is 5.75 Å². The molecule has 17 heavy (non-hydrogen) atoms. The monoisotopic (exact) mass is 236 g/mol. The van der Waals surface area contributed by atoms with Gasteiger partial charge in [-0.3, -0.25) is 4.79 Å². The number of ether oxygens (including phenoxy) is 2. The first-order chi connectivity index (χ1) is 8.22. The van der Waals surface area contributed by atoms with Gasteiger partial charge in [-0.2, -0.15) is 0 Å². The maximum Gasteiger partial charge on any atom is 0.311 e. The molecule has 0 aliphatic carbocycles. The van der Waals surface area contributed by atoms with Crippen molar-refractivity contribution in [2.75, 3.05) is 20.3 Å². The predicted molar refractivity (Wildman–Crippen MR) is 62.5 cm³/mol. The van der Waals surface area contributed by atoms with E-state index in [1.165, 1.54) is 0 Å². The highest BCUT2D eigenvalue weighted by molar-refractivity contribution is 5.76. The molecule has 92 valence electrons. The lowest BCUT2D eigenvalue weighted by atomic mass is 9.94. The average Bonchev–Trinajstić information content (AvgIpc) is 2.76. The molecule has 1 aliphatic rings. The molecule has 1 aromatic rings. The summed E-state index contributed by atoms with van der Waals surface area (Å²) in [5.74, 6) is -0.425. The summed E-state index contributed by atoms with van der Waals surface area (Å²) in [6.07, 6.45) is 1.35. The molecule has 1 unspecified atom stereocenters. The van der Waals surface area contributed by atoms with E-state index in [1.807, 2.05) is 18.2 Å². The van der Waals surface area contributed by atoms with E-state index in [-0.39, 0.29) is 0 Å². The number of carboxylic acid groups (broad SMARTS) is 1. The van der Waals surface area contributed by atoms with E-state index in [0.29, 0.717) is 19.6 Å². The largest absolute Gasteiger partial charge is 0.493 e. The molecular weight excluding hydrogens is 220 g/mol. The number of rotatable bonds is 5. The zero-order chi connectivity index (χ0) is 12.3. The van der Waals surface area contributed by atoms with Crippen molar-refractivity contribution >= 4 is 5.97 Å². The van der Waals surface area contributed by atoms with Gasteiger partial charge >= 0.3 is 5.97 Å². The van der Waals surface area contributed by atoms with Gasteiger partial charge in [-0.05, 0) is 23.6 Å². The van der Waals surface area contributed by atoms with E-state index >= 15 is 0 Å². The van der Waals surface area contributed by atoms with Gasteiger partial charge in [0.15, 0.2) is 0 Å². The van der Waals surface area contributed by atoms with Crippen molar-refractivity contribution in [2.45, 2.75) is 18.8 Å². The molecule has 1 aromatic carbocycles. The summed E-state index contributed by atoms with van der Waals surface area (Å²) in [6, 6.07) is 5.63. The maximum absolute atomic E-state index is 11.2. The fourth-order valence-corrected chi connectivity index (χ4v) is 2.09. The Bertz CT molecular complexity index is 414. The molecule has 0 saturated heterocycles. The van der Waals surface area contributed by atoms with Gasteiger partial charge in [0.1, 0.15) is 5.75 Å². The Morgan fingerprint density at radius 2 is 2.41 bits per heavy atom. The number of benzene rings is 1.